The van der Waals surface area contributed by atoms with Gasteiger partial charge >= 0.3 is 6.03 Å². The van der Waals surface area contributed by atoms with Crippen LogP contribution in [0.3, 0.4) is 0 Å². The average molecular weight is 392 g/mol. The lowest BCUT2D eigenvalue weighted by molar-refractivity contribution is -0.114. The molecule has 4 aromatic rings. The van der Waals surface area contributed by atoms with Crippen molar-refractivity contribution in [1.29, 1.82) is 0 Å². The topological polar surface area (TPSA) is 100 Å². The summed E-state index contributed by atoms with van der Waals surface area (Å²) in [5.41, 5.74) is 3.17. The number of carbonyl (C=O) groups excluding carboxylic acids is 2. The molecule has 2 aromatic carbocycles. The normalized spacial score (nSPS) is 10.6. The van der Waals surface area contributed by atoms with E-state index in [1.165, 1.54) is 18.3 Å². The van der Waals surface area contributed by atoms with Crippen molar-refractivity contribution in [3.63, 3.8) is 0 Å². The largest absolute Gasteiger partial charge is 0.326 e. The summed E-state index contributed by atoms with van der Waals surface area (Å²) in [5.74, 6) is 0.0999. The van der Waals surface area contributed by atoms with Crippen molar-refractivity contribution in [2.75, 3.05) is 16.0 Å². The van der Waals surface area contributed by atoms with Gasteiger partial charge in [-0.15, -0.1) is 16.4 Å². The molecule has 28 heavy (non-hydrogen) atoms. The van der Waals surface area contributed by atoms with Crippen molar-refractivity contribution >= 4 is 45.6 Å². The van der Waals surface area contributed by atoms with Crippen LogP contribution in [0.2, 0.25) is 0 Å². The van der Waals surface area contributed by atoms with E-state index in [4.69, 9.17) is 0 Å². The van der Waals surface area contributed by atoms with Gasteiger partial charge in [0.1, 0.15) is 0 Å². The summed E-state index contributed by atoms with van der Waals surface area (Å²) in [4.78, 5) is 28.3. The summed E-state index contributed by atoms with van der Waals surface area (Å²) >= 11 is 1.42. The Kier molecular flexibility index (Phi) is 4.73. The van der Waals surface area contributed by atoms with Crippen LogP contribution in [-0.2, 0) is 4.79 Å². The Morgan fingerprint density at radius 1 is 0.929 bits per heavy atom. The highest BCUT2D eigenvalue weighted by Crippen LogP contribution is 2.27. The highest BCUT2D eigenvalue weighted by atomic mass is 32.1. The highest BCUT2D eigenvalue weighted by molar-refractivity contribution is 7.15. The van der Waals surface area contributed by atoms with Gasteiger partial charge in [0.2, 0.25) is 10.9 Å². The molecular weight excluding hydrogens is 376 g/mol. The molecular formula is C19H16N6O2S. The van der Waals surface area contributed by atoms with Crippen LogP contribution in [0.4, 0.5) is 22.1 Å². The summed E-state index contributed by atoms with van der Waals surface area (Å²) in [6.07, 6.45) is 0. The molecule has 0 unspecified atom stereocenters. The van der Waals surface area contributed by atoms with Crippen molar-refractivity contribution in [2.45, 2.75) is 6.92 Å². The smallest absolute Gasteiger partial charge is 0.326 e. The van der Waals surface area contributed by atoms with Crippen LogP contribution in [0.25, 0.3) is 16.2 Å². The number of anilines is 3. The Balaban J connectivity index is 1.52. The van der Waals surface area contributed by atoms with Crippen LogP contribution in [0.1, 0.15) is 6.92 Å². The van der Waals surface area contributed by atoms with E-state index in [9.17, 15) is 9.59 Å². The van der Waals surface area contributed by atoms with Crippen LogP contribution in [0.5, 0.6) is 0 Å². The van der Waals surface area contributed by atoms with Crippen molar-refractivity contribution in [3.8, 4) is 11.3 Å². The van der Waals surface area contributed by atoms with E-state index >= 15 is 0 Å². The standard InChI is InChI=1S/C19H16N6O2S/c1-12(26)20-15-9-7-13(8-10-15)16-11-28-19-23-17(24-25(16)19)22-18(27)21-14-5-3-2-4-6-14/h2-11H,1H3,(H,20,26)(H2,21,22,24,27). The van der Waals surface area contributed by atoms with Crippen molar-refractivity contribution < 1.29 is 9.59 Å². The fourth-order valence-electron chi connectivity index (χ4n) is 2.65. The van der Waals surface area contributed by atoms with Gasteiger partial charge < -0.3 is 10.6 Å². The predicted octanol–water partition coefficient (Wildman–Crippen LogP) is 4.06. The van der Waals surface area contributed by atoms with E-state index in [1.54, 1.807) is 16.6 Å². The molecule has 9 heteroatoms. The van der Waals surface area contributed by atoms with Gasteiger partial charge in [-0.2, -0.15) is 4.98 Å². The number of para-hydroxylation sites is 1. The van der Waals surface area contributed by atoms with Gasteiger partial charge in [-0.25, -0.2) is 9.31 Å². The number of fused-ring (bicyclic) bond motifs is 1. The zero-order chi connectivity index (χ0) is 19.5. The minimum absolute atomic E-state index is 0.119. The summed E-state index contributed by atoms with van der Waals surface area (Å²) in [7, 11) is 0. The summed E-state index contributed by atoms with van der Waals surface area (Å²) in [6, 6.07) is 16.2. The highest BCUT2D eigenvalue weighted by Gasteiger charge is 2.13. The zero-order valence-corrected chi connectivity index (χ0v) is 15.7. The predicted molar refractivity (Wildman–Crippen MR) is 110 cm³/mol. The minimum atomic E-state index is -0.411. The summed E-state index contributed by atoms with van der Waals surface area (Å²) < 4.78 is 1.68. The van der Waals surface area contributed by atoms with Crippen LogP contribution >= 0.6 is 11.3 Å². The maximum atomic E-state index is 12.1. The second kappa shape index (κ2) is 7.49. The van der Waals surface area contributed by atoms with Crippen LogP contribution < -0.4 is 16.0 Å². The number of carbonyl (C=O) groups is 2. The van der Waals surface area contributed by atoms with Gasteiger partial charge in [0, 0.05) is 29.2 Å². The molecule has 140 valence electrons. The number of aromatic nitrogens is 3. The lowest BCUT2D eigenvalue weighted by Crippen LogP contribution is -2.20. The Morgan fingerprint density at radius 2 is 1.64 bits per heavy atom. The molecule has 0 spiro atoms. The Labute approximate surface area is 164 Å². The lowest BCUT2D eigenvalue weighted by atomic mass is 10.1. The molecule has 0 bridgehead atoms. The van der Waals surface area contributed by atoms with Crippen molar-refractivity contribution in [1.82, 2.24) is 14.6 Å². The van der Waals surface area contributed by atoms with Gasteiger partial charge in [-0.3, -0.25) is 10.1 Å². The van der Waals surface area contributed by atoms with Gasteiger partial charge in [0.15, 0.2) is 0 Å². The second-order valence-corrected chi connectivity index (χ2v) is 6.79. The summed E-state index contributed by atoms with van der Waals surface area (Å²) in [5, 5.41) is 14.4. The Hall–Kier alpha value is -3.72. The van der Waals surface area contributed by atoms with E-state index < -0.39 is 6.03 Å². The first-order valence-electron chi connectivity index (χ1n) is 8.44. The van der Waals surface area contributed by atoms with Gasteiger partial charge in [-0.05, 0) is 24.3 Å². The van der Waals surface area contributed by atoms with Crippen LogP contribution in [-0.4, -0.2) is 26.5 Å². The number of hydrogen-bond acceptors (Lipinski definition) is 5. The molecule has 0 aliphatic heterocycles. The third-order valence-electron chi connectivity index (χ3n) is 3.84. The number of nitrogens with one attached hydrogen (secondary N) is 3. The number of thiazole rings is 1. The van der Waals surface area contributed by atoms with Gasteiger partial charge in [0.25, 0.3) is 5.95 Å². The first kappa shape index (κ1) is 17.7. The molecule has 0 atom stereocenters. The van der Waals surface area contributed by atoms with E-state index in [0.29, 0.717) is 10.6 Å². The molecule has 2 heterocycles. The maximum absolute atomic E-state index is 12.1. The average Bonchev–Trinajstić information content (AvgIpc) is 3.23. The van der Waals surface area contributed by atoms with E-state index in [1.807, 2.05) is 47.8 Å². The molecule has 0 fully saturated rings. The van der Waals surface area contributed by atoms with Crippen molar-refractivity contribution in [3.05, 3.63) is 60.0 Å². The van der Waals surface area contributed by atoms with Crippen LogP contribution in [0.15, 0.2) is 60.0 Å². The number of urea groups is 1. The lowest BCUT2D eigenvalue weighted by Gasteiger charge is -2.04. The number of hydrogen-bond donors (Lipinski definition) is 3. The quantitative estimate of drug-likeness (QED) is 0.487. The fraction of sp³-hybridized carbons (Fsp3) is 0.0526. The molecule has 0 aliphatic rings. The first-order chi connectivity index (χ1) is 13.6. The molecule has 0 aliphatic carbocycles. The monoisotopic (exact) mass is 392 g/mol. The van der Waals surface area contributed by atoms with E-state index in [0.717, 1.165) is 16.9 Å². The second-order valence-electron chi connectivity index (χ2n) is 5.95. The molecule has 3 amide bonds. The minimum Gasteiger partial charge on any atom is -0.326 e. The number of benzene rings is 2. The Morgan fingerprint density at radius 3 is 2.36 bits per heavy atom. The third kappa shape index (κ3) is 3.84. The molecule has 4 rings (SSSR count). The fourth-order valence-corrected chi connectivity index (χ4v) is 3.48. The van der Waals surface area contributed by atoms with E-state index in [2.05, 4.69) is 26.0 Å². The molecule has 0 saturated heterocycles. The Bertz CT molecular complexity index is 1130. The maximum Gasteiger partial charge on any atom is 0.326 e. The number of nitrogens with zero attached hydrogens (tertiary/aromatic N) is 3. The van der Waals surface area contributed by atoms with Gasteiger partial charge in [-0.1, -0.05) is 30.3 Å². The summed E-state index contributed by atoms with van der Waals surface area (Å²) in [6.45, 7) is 1.47. The molecule has 2 aromatic heterocycles. The third-order valence-corrected chi connectivity index (χ3v) is 4.66. The van der Waals surface area contributed by atoms with Crippen LogP contribution in [0, 0.1) is 0 Å². The first-order valence-corrected chi connectivity index (χ1v) is 9.32. The van der Waals surface area contributed by atoms with Gasteiger partial charge in [0.05, 0.1) is 5.69 Å². The molecule has 8 nitrogen and oxygen atoms in total. The SMILES string of the molecule is CC(=O)Nc1ccc(-c2csc3nc(NC(=O)Nc4ccccc4)nn23)cc1. The van der Waals surface area contributed by atoms with E-state index in [-0.39, 0.29) is 11.9 Å². The molecule has 0 radical (unpaired) electrons. The van der Waals surface area contributed by atoms with Crippen molar-refractivity contribution in [2.24, 2.45) is 0 Å². The zero-order valence-electron chi connectivity index (χ0n) is 14.8. The number of amides is 3. The molecule has 0 saturated carbocycles. The molecule has 3 N–H and O–H groups in total. The number of rotatable bonds is 4.